The van der Waals surface area contributed by atoms with Gasteiger partial charge in [-0.1, -0.05) is 12.1 Å². The lowest BCUT2D eigenvalue weighted by atomic mass is 10.1. The van der Waals surface area contributed by atoms with Gasteiger partial charge in [0.1, 0.15) is 5.82 Å². The molecule has 1 aromatic heterocycles. The molecule has 122 valence electrons. The van der Waals surface area contributed by atoms with Crippen LogP contribution >= 0.6 is 0 Å². The molecule has 1 aromatic carbocycles. The topological polar surface area (TPSA) is 63.2 Å². The third kappa shape index (κ3) is 3.95. The number of likely N-dealkylation sites (tertiary alicyclic amines) is 1. The minimum absolute atomic E-state index is 0.369. The smallest absolute Gasteiger partial charge is 0.175 e. The first-order valence-corrected chi connectivity index (χ1v) is 9.62. The summed E-state index contributed by atoms with van der Waals surface area (Å²) in [5, 5.41) is 0. The van der Waals surface area contributed by atoms with Crippen molar-refractivity contribution < 1.29 is 8.42 Å². The van der Waals surface area contributed by atoms with E-state index < -0.39 is 9.84 Å². The van der Waals surface area contributed by atoms with Gasteiger partial charge >= 0.3 is 0 Å². The van der Waals surface area contributed by atoms with E-state index in [0.29, 0.717) is 10.8 Å². The lowest BCUT2D eigenvalue weighted by Gasteiger charge is -2.16. The molecule has 0 amide bonds. The van der Waals surface area contributed by atoms with E-state index in [1.54, 1.807) is 12.1 Å². The van der Waals surface area contributed by atoms with Gasteiger partial charge in [-0.2, -0.15) is 0 Å². The highest BCUT2D eigenvalue weighted by molar-refractivity contribution is 7.90. The second-order valence-electron chi connectivity index (χ2n) is 6.19. The maximum Gasteiger partial charge on any atom is 0.175 e. The van der Waals surface area contributed by atoms with Crippen molar-refractivity contribution in [2.24, 2.45) is 0 Å². The number of sulfone groups is 1. The van der Waals surface area contributed by atoms with Gasteiger partial charge < -0.3 is 0 Å². The van der Waals surface area contributed by atoms with Crippen LogP contribution in [0.15, 0.2) is 41.4 Å². The van der Waals surface area contributed by atoms with E-state index in [4.69, 9.17) is 0 Å². The van der Waals surface area contributed by atoms with Gasteiger partial charge in [0.25, 0.3) is 0 Å². The van der Waals surface area contributed by atoms with E-state index in [1.165, 1.54) is 6.26 Å². The van der Waals surface area contributed by atoms with Crippen LogP contribution in [0.3, 0.4) is 0 Å². The molecular formula is C17H21N3O2S. The molecule has 0 radical (unpaired) electrons. The second-order valence-corrected chi connectivity index (χ2v) is 8.21. The van der Waals surface area contributed by atoms with Gasteiger partial charge in [0.2, 0.25) is 0 Å². The number of nitrogens with zero attached hydrogens (tertiary/aromatic N) is 3. The van der Waals surface area contributed by atoms with Crippen molar-refractivity contribution in [1.29, 1.82) is 0 Å². The molecule has 1 fully saturated rings. The van der Waals surface area contributed by atoms with Crippen LogP contribution in [0, 0.1) is 6.92 Å². The van der Waals surface area contributed by atoms with Crippen LogP contribution in [0.2, 0.25) is 0 Å². The molecule has 1 unspecified atom stereocenters. The van der Waals surface area contributed by atoms with Crippen molar-refractivity contribution in [2.75, 3.05) is 19.3 Å². The Kier molecular flexibility index (Phi) is 4.46. The Balaban J connectivity index is 1.64. The summed E-state index contributed by atoms with van der Waals surface area (Å²) in [7, 11) is -3.13. The molecule has 1 aliphatic rings. The number of rotatable bonds is 4. The summed E-state index contributed by atoms with van der Waals surface area (Å²) < 4.78 is 23.0. The second kappa shape index (κ2) is 6.37. The summed E-state index contributed by atoms with van der Waals surface area (Å²) >= 11 is 0. The first-order valence-electron chi connectivity index (χ1n) is 7.73. The molecule has 6 heteroatoms. The molecule has 2 aromatic rings. The van der Waals surface area contributed by atoms with Gasteiger partial charge in [-0.25, -0.2) is 18.4 Å². The van der Waals surface area contributed by atoms with Crippen LogP contribution in [0.4, 0.5) is 0 Å². The Morgan fingerprint density at radius 2 is 1.96 bits per heavy atom. The minimum atomic E-state index is -3.13. The van der Waals surface area contributed by atoms with Crippen molar-refractivity contribution in [3.05, 3.63) is 53.6 Å². The van der Waals surface area contributed by atoms with Crippen LogP contribution in [0.25, 0.3) is 0 Å². The summed E-state index contributed by atoms with van der Waals surface area (Å²) in [5.41, 5.74) is 2.13. The van der Waals surface area contributed by atoms with Crippen LogP contribution in [-0.2, 0) is 16.4 Å². The summed E-state index contributed by atoms with van der Waals surface area (Å²) in [4.78, 5) is 11.7. The number of benzene rings is 1. The predicted octanol–water partition coefficient (Wildman–Crippen LogP) is 2.18. The standard InChI is InChI=1S/C17H21N3O2S/c1-13-7-9-18-17(19-13)15-8-10-20(12-15)11-14-3-5-16(6-4-14)23(2,21)22/h3-7,9,15H,8,10-12H2,1-2H3. The third-order valence-electron chi connectivity index (χ3n) is 4.21. The first kappa shape index (κ1) is 16.1. The maximum atomic E-state index is 11.5. The Morgan fingerprint density at radius 1 is 1.22 bits per heavy atom. The van der Waals surface area contributed by atoms with Crippen LogP contribution < -0.4 is 0 Å². The molecule has 0 bridgehead atoms. The zero-order valence-corrected chi connectivity index (χ0v) is 14.3. The van der Waals surface area contributed by atoms with Crippen molar-refractivity contribution in [1.82, 2.24) is 14.9 Å². The lowest BCUT2D eigenvalue weighted by Crippen LogP contribution is -2.20. The Bertz CT molecular complexity index is 788. The van der Waals surface area contributed by atoms with Crippen molar-refractivity contribution in [2.45, 2.75) is 30.7 Å². The highest BCUT2D eigenvalue weighted by atomic mass is 32.2. The fraction of sp³-hybridized carbons (Fsp3) is 0.412. The van der Waals surface area contributed by atoms with Gasteiger partial charge in [0.15, 0.2) is 9.84 Å². The average Bonchev–Trinajstić information content (AvgIpc) is 2.95. The maximum absolute atomic E-state index is 11.5. The zero-order chi connectivity index (χ0) is 16.4. The van der Waals surface area contributed by atoms with E-state index in [9.17, 15) is 8.42 Å². The molecule has 0 saturated carbocycles. The molecule has 0 spiro atoms. The van der Waals surface area contributed by atoms with E-state index in [0.717, 1.165) is 43.1 Å². The number of hydrogen-bond acceptors (Lipinski definition) is 5. The zero-order valence-electron chi connectivity index (χ0n) is 13.4. The minimum Gasteiger partial charge on any atom is -0.298 e. The van der Waals surface area contributed by atoms with Crippen LogP contribution in [0.5, 0.6) is 0 Å². The normalized spacial score (nSPS) is 19.1. The molecule has 2 heterocycles. The number of aromatic nitrogens is 2. The van der Waals surface area contributed by atoms with Crippen LogP contribution in [-0.4, -0.2) is 42.6 Å². The number of hydrogen-bond donors (Lipinski definition) is 0. The van der Waals surface area contributed by atoms with Gasteiger partial charge in [0.05, 0.1) is 4.90 Å². The predicted molar refractivity (Wildman–Crippen MR) is 89.0 cm³/mol. The first-order chi connectivity index (χ1) is 10.9. The summed E-state index contributed by atoms with van der Waals surface area (Å²) in [6, 6.07) is 9.07. The molecule has 1 aliphatic heterocycles. The highest BCUT2D eigenvalue weighted by Crippen LogP contribution is 2.26. The molecule has 0 aliphatic carbocycles. The van der Waals surface area contributed by atoms with E-state index >= 15 is 0 Å². The third-order valence-corrected chi connectivity index (χ3v) is 5.34. The number of aryl methyl sites for hydroxylation is 1. The van der Waals surface area contributed by atoms with E-state index in [1.807, 2.05) is 31.3 Å². The summed E-state index contributed by atoms with van der Waals surface area (Å²) in [5.74, 6) is 1.31. The molecule has 0 N–H and O–H groups in total. The largest absolute Gasteiger partial charge is 0.298 e. The highest BCUT2D eigenvalue weighted by Gasteiger charge is 2.25. The quantitative estimate of drug-likeness (QED) is 0.859. The molecular weight excluding hydrogens is 310 g/mol. The van der Waals surface area contributed by atoms with Gasteiger partial charge in [-0.05, 0) is 43.7 Å². The monoisotopic (exact) mass is 331 g/mol. The Morgan fingerprint density at radius 3 is 2.61 bits per heavy atom. The van der Waals surface area contributed by atoms with Gasteiger partial charge in [-0.3, -0.25) is 4.90 Å². The molecule has 1 saturated heterocycles. The fourth-order valence-corrected chi connectivity index (χ4v) is 3.58. The van der Waals surface area contributed by atoms with Gasteiger partial charge in [-0.15, -0.1) is 0 Å². The SMILES string of the molecule is Cc1ccnc(C2CCN(Cc3ccc(S(C)(=O)=O)cc3)C2)n1. The van der Waals surface area contributed by atoms with Crippen molar-refractivity contribution >= 4 is 9.84 Å². The van der Waals surface area contributed by atoms with Crippen molar-refractivity contribution in [3.8, 4) is 0 Å². The van der Waals surface area contributed by atoms with Gasteiger partial charge in [0, 0.05) is 37.2 Å². The Hall–Kier alpha value is -1.79. The average molecular weight is 331 g/mol. The van der Waals surface area contributed by atoms with E-state index in [2.05, 4.69) is 14.9 Å². The van der Waals surface area contributed by atoms with Crippen molar-refractivity contribution in [3.63, 3.8) is 0 Å². The van der Waals surface area contributed by atoms with Crippen LogP contribution in [0.1, 0.15) is 29.4 Å². The molecule has 5 nitrogen and oxygen atoms in total. The summed E-state index contributed by atoms with van der Waals surface area (Å²) in [6.07, 6.45) is 4.12. The summed E-state index contributed by atoms with van der Waals surface area (Å²) in [6.45, 7) is 4.76. The fourth-order valence-electron chi connectivity index (χ4n) is 2.95. The molecule has 23 heavy (non-hydrogen) atoms. The molecule has 3 rings (SSSR count). The lowest BCUT2D eigenvalue weighted by molar-refractivity contribution is 0.325. The van der Waals surface area contributed by atoms with E-state index in [-0.39, 0.29) is 0 Å². The molecule has 1 atom stereocenters. The Labute approximate surface area is 137 Å².